The molecule has 5 heteroatoms. The van der Waals surface area contributed by atoms with Gasteiger partial charge in [0.25, 0.3) is 0 Å². The fraction of sp³-hybridized carbons (Fsp3) is 0.192. The summed E-state index contributed by atoms with van der Waals surface area (Å²) in [6.45, 7) is 4.50. The molecule has 0 bridgehead atoms. The number of halogens is 1. The average Bonchev–Trinajstić information content (AvgIpc) is 2.78. The molecule has 0 radical (unpaired) electrons. The number of amides is 1. The molecule has 1 N–H and O–H groups in total. The first-order chi connectivity index (χ1) is 15.0. The van der Waals surface area contributed by atoms with Gasteiger partial charge in [-0.2, -0.15) is 0 Å². The van der Waals surface area contributed by atoms with Crippen LogP contribution in [0.3, 0.4) is 0 Å². The molecule has 3 aromatic carbocycles. The van der Waals surface area contributed by atoms with Crippen molar-refractivity contribution in [3.05, 3.63) is 93.5 Å². The summed E-state index contributed by atoms with van der Waals surface area (Å²) in [5.74, 6) is 1.04. The molecule has 0 atom stereocenters. The maximum Gasteiger partial charge on any atom is 0.248 e. The minimum Gasteiger partial charge on any atom is -0.493 e. The summed E-state index contributed by atoms with van der Waals surface area (Å²) in [5, 5.41) is 3.00. The van der Waals surface area contributed by atoms with Gasteiger partial charge in [0, 0.05) is 11.8 Å². The Hall–Kier alpha value is -3.05. The summed E-state index contributed by atoms with van der Waals surface area (Å²) in [6.07, 6.45) is 4.14. The maximum absolute atomic E-state index is 12.5. The molecule has 3 rings (SSSR count). The Balaban J connectivity index is 1.73. The minimum absolute atomic E-state index is 0.177. The lowest BCUT2D eigenvalue weighted by molar-refractivity contribution is -0.111. The highest BCUT2D eigenvalue weighted by atomic mass is 79.9. The maximum atomic E-state index is 12.5. The second-order valence-corrected chi connectivity index (χ2v) is 7.95. The van der Waals surface area contributed by atoms with Gasteiger partial charge < -0.3 is 14.8 Å². The van der Waals surface area contributed by atoms with Gasteiger partial charge in [-0.25, -0.2) is 0 Å². The molecular formula is C26H26BrNO3. The zero-order valence-corrected chi connectivity index (χ0v) is 19.5. The van der Waals surface area contributed by atoms with E-state index in [9.17, 15) is 4.79 Å². The molecule has 0 aromatic heterocycles. The van der Waals surface area contributed by atoms with E-state index in [-0.39, 0.29) is 5.91 Å². The first-order valence-corrected chi connectivity index (χ1v) is 10.9. The summed E-state index contributed by atoms with van der Waals surface area (Å²) >= 11 is 3.56. The van der Waals surface area contributed by atoms with Gasteiger partial charge >= 0.3 is 0 Å². The number of aryl methyl sites for hydroxylation is 2. The Morgan fingerprint density at radius 2 is 1.87 bits per heavy atom. The molecule has 4 nitrogen and oxygen atoms in total. The molecule has 160 valence electrons. The number of nitrogens with one attached hydrogen (secondary N) is 1. The van der Waals surface area contributed by atoms with E-state index in [1.165, 1.54) is 6.08 Å². The van der Waals surface area contributed by atoms with E-state index in [4.69, 9.17) is 9.47 Å². The van der Waals surface area contributed by atoms with Crippen molar-refractivity contribution < 1.29 is 14.3 Å². The lowest BCUT2D eigenvalue weighted by Gasteiger charge is -2.14. The van der Waals surface area contributed by atoms with Crippen molar-refractivity contribution >= 4 is 33.6 Å². The number of anilines is 1. The van der Waals surface area contributed by atoms with Gasteiger partial charge in [0.15, 0.2) is 11.5 Å². The lowest BCUT2D eigenvalue weighted by atomic mass is 10.1. The van der Waals surface area contributed by atoms with Crippen LogP contribution in [0.5, 0.6) is 11.5 Å². The Bertz CT molecular complexity index is 1080. The quantitative estimate of drug-likeness (QED) is 0.372. The lowest BCUT2D eigenvalue weighted by Crippen LogP contribution is -2.11. The van der Waals surface area contributed by atoms with Crippen molar-refractivity contribution in [2.24, 2.45) is 0 Å². The molecule has 0 saturated carbocycles. The Morgan fingerprint density at radius 3 is 2.58 bits per heavy atom. The third-order valence-electron chi connectivity index (χ3n) is 4.89. The topological polar surface area (TPSA) is 47.6 Å². The van der Waals surface area contributed by atoms with Crippen LogP contribution >= 0.6 is 15.9 Å². The van der Waals surface area contributed by atoms with Gasteiger partial charge in [0.2, 0.25) is 5.91 Å². The van der Waals surface area contributed by atoms with Gasteiger partial charge in [0.05, 0.1) is 11.6 Å². The van der Waals surface area contributed by atoms with Crippen LogP contribution in [0.4, 0.5) is 5.69 Å². The molecule has 0 aliphatic carbocycles. The van der Waals surface area contributed by atoms with Crippen LogP contribution in [-0.2, 0) is 17.8 Å². The molecule has 0 aliphatic rings. The van der Waals surface area contributed by atoms with E-state index in [1.807, 2.05) is 67.6 Å². The van der Waals surface area contributed by atoms with Crippen molar-refractivity contribution in [2.75, 3.05) is 12.4 Å². The van der Waals surface area contributed by atoms with Crippen molar-refractivity contribution in [1.82, 2.24) is 0 Å². The van der Waals surface area contributed by atoms with Crippen LogP contribution in [0.1, 0.15) is 29.2 Å². The third-order valence-corrected chi connectivity index (χ3v) is 5.48. The average molecular weight is 480 g/mol. The second kappa shape index (κ2) is 10.8. The number of carbonyl (C=O) groups is 1. The Kier molecular flexibility index (Phi) is 7.90. The van der Waals surface area contributed by atoms with Gasteiger partial charge in [-0.15, -0.1) is 0 Å². The first-order valence-electron chi connectivity index (χ1n) is 10.1. The SMILES string of the molecule is CCc1cccc(C)c1NC(=O)C=Cc1cc(Br)c(OCc2ccccc2)c(OC)c1. The van der Waals surface area contributed by atoms with Crippen molar-refractivity contribution in [3.8, 4) is 11.5 Å². The number of hydrogen-bond acceptors (Lipinski definition) is 3. The minimum atomic E-state index is -0.177. The first kappa shape index (κ1) is 22.6. The smallest absolute Gasteiger partial charge is 0.248 e. The fourth-order valence-corrected chi connectivity index (χ4v) is 3.82. The summed E-state index contributed by atoms with van der Waals surface area (Å²) in [4.78, 5) is 12.5. The number of benzene rings is 3. The molecule has 3 aromatic rings. The molecule has 1 amide bonds. The highest BCUT2D eigenvalue weighted by Crippen LogP contribution is 2.37. The number of carbonyl (C=O) groups excluding carboxylic acids is 1. The van der Waals surface area contributed by atoms with Gasteiger partial charge in [-0.3, -0.25) is 4.79 Å². The largest absolute Gasteiger partial charge is 0.493 e. The molecular weight excluding hydrogens is 454 g/mol. The summed E-state index contributed by atoms with van der Waals surface area (Å²) in [7, 11) is 1.60. The van der Waals surface area contributed by atoms with Crippen molar-refractivity contribution in [3.63, 3.8) is 0 Å². The van der Waals surface area contributed by atoms with Gasteiger partial charge in [-0.05, 0) is 69.7 Å². The third kappa shape index (κ3) is 5.98. The number of hydrogen-bond donors (Lipinski definition) is 1. The number of rotatable bonds is 8. The highest BCUT2D eigenvalue weighted by Gasteiger charge is 2.12. The van der Waals surface area contributed by atoms with Crippen molar-refractivity contribution in [2.45, 2.75) is 26.9 Å². The molecule has 0 heterocycles. The molecule has 0 unspecified atom stereocenters. The van der Waals surface area contributed by atoms with Crippen LogP contribution in [-0.4, -0.2) is 13.0 Å². The van der Waals surface area contributed by atoms with Crippen LogP contribution in [0.15, 0.2) is 71.2 Å². The van der Waals surface area contributed by atoms with E-state index in [2.05, 4.69) is 28.2 Å². The predicted molar refractivity (Wildman–Crippen MR) is 130 cm³/mol. The number of methoxy groups -OCH3 is 1. The van der Waals surface area contributed by atoms with Crippen molar-refractivity contribution in [1.29, 1.82) is 0 Å². The number of ether oxygens (including phenoxy) is 2. The number of para-hydroxylation sites is 1. The molecule has 0 spiro atoms. The highest BCUT2D eigenvalue weighted by molar-refractivity contribution is 9.10. The zero-order valence-electron chi connectivity index (χ0n) is 17.9. The van der Waals surface area contributed by atoms with Crippen LogP contribution in [0.2, 0.25) is 0 Å². The monoisotopic (exact) mass is 479 g/mol. The summed E-state index contributed by atoms with van der Waals surface area (Å²) < 4.78 is 12.2. The molecule has 31 heavy (non-hydrogen) atoms. The standard InChI is InChI=1S/C26H26BrNO3/c1-4-21-12-8-9-18(2)25(21)28-24(29)14-13-20-15-22(27)26(23(16-20)30-3)31-17-19-10-6-5-7-11-19/h5-16H,4,17H2,1-3H3,(H,28,29). The van der Waals surface area contributed by atoms with Crippen LogP contribution in [0, 0.1) is 6.92 Å². The predicted octanol–water partition coefficient (Wildman–Crippen LogP) is 6.56. The van der Waals surface area contributed by atoms with Crippen LogP contribution < -0.4 is 14.8 Å². The molecule has 0 saturated heterocycles. The molecule has 0 fully saturated rings. The normalized spacial score (nSPS) is 10.8. The van der Waals surface area contributed by atoms with Gasteiger partial charge in [0.1, 0.15) is 6.61 Å². The fourth-order valence-electron chi connectivity index (χ4n) is 3.24. The van der Waals surface area contributed by atoms with E-state index in [0.29, 0.717) is 18.1 Å². The molecule has 0 aliphatic heterocycles. The van der Waals surface area contributed by atoms with E-state index >= 15 is 0 Å². The van der Waals surface area contributed by atoms with E-state index in [1.54, 1.807) is 13.2 Å². The van der Waals surface area contributed by atoms with Gasteiger partial charge in [-0.1, -0.05) is 55.5 Å². The Labute approximate surface area is 192 Å². The van der Waals surface area contributed by atoms with E-state index < -0.39 is 0 Å². The summed E-state index contributed by atoms with van der Waals surface area (Å²) in [5.41, 5.74) is 4.94. The van der Waals surface area contributed by atoms with E-state index in [0.717, 1.165) is 38.8 Å². The zero-order chi connectivity index (χ0) is 22.2. The Morgan fingerprint density at radius 1 is 1.10 bits per heavy atom. The van der Waals surface area contributed by atoms with Crippen LogP contribution in [0.25, 0.3) is 6.08 Å². The summed E-state index contributed by atoms with van der Waals surface area (Å²) in [6, 6.07) is 19.7. The second-order valence-electron chi connectivity index (χ2n) is 7.09.